The fourth-order valence-corrected chi connectivity index (χ4v) is 3.25. The zero-order valence-electron chi connectivity index (χ0n) is 13.6. The van der Waals surface area contributed by atoms with Crippen LogP contribution < -0.4 is 5.32 Å². The molecule has 8 nitrogen and oxygen atoms in total. The van der Waals surface area contributed by atoms with Crippen molar-refractivity contribution < 1.29 is 24.6 Å². The van der Waals surface area contributed by atoms with E-state index in [1.165, 1.54) is 0 Å². The number of carbonyl (C=O) groups excluding carboxylic acids is 1. The Morgan fingerprint density at radius 3 is 2.43 bits per heavy atom. The molecule has 2 fully saturated rings. The van der Waals surface area contributed by atoms with E-state index in [-0.39, 0.29) is 31.2 Å². The molecule has 0 bridgehead atoms. The molecule has 0 radical (unpaired) electrons. The van der Waals surface area contributed by atoms with Gasteiger partial charge >= 0.3 is 18.0 Å². The second-order valence-corrected chi connectivity index (χ2v) is 6.77. The lowest BCUT2D eigenvalue weighted by molar-refractivity contribution is -0.147. The van der Waals surface area contributed by atoms with Gasteiger partial charge in [0.15, 0.2) is 0 Å². The number of urea groups is 1. The lowest BCUT2D eigenvalue weighted by Gasteiger charge is -2.42. The van der Waals surface area contributed by atoms with Crippen molar-refractivity contribution in [3.05, 3.63) is 0 Å². The molecule has 23 heavy (non-hydrogen) atoms. The molecule has 2 aliphatic rings. The van der Waals surface area contributed by atoms with Crippen LogP contribution in [0.2, 0.25) is 0 Å². The summed E-state index contributed by atoms with van der Waals surface area (Å²) in [6, 6.07) is -0.00370. The number of likely N-dealkylation sites (tertiary alicyclic amines) is 1. The van der Waals surface area contributed by atoms with Gasteiger partial charge in [0.1, 0.15) is 0 Å². The first-order chi connectivity index (χ1) is 10.7. The Morgan fingerprint density at radius 2 is 1.96 bits per heavy atom. The van der Waals surface area contributed by atoms with Gasteiger partial charge in [-0.05, 0) is 32.7 Å². The second kappa shape index (κ2) is 6.74. The summed E-state index contributed by atoms with van der Waals surface area (Å²) in [5.74, 6) is -1.71. The Labute approximate surface area is 135 Å². The summed E-state index contributed by atoms with van der Waals surface area (Å²) in [5, 5.41) is 21.0. The van der Waals surface area contributed by atoms with E-state index in [9.17, 15) is 19.5 Å². The van der Waals surface area contributed by atoms with Gasteiger partial charge in [0.2, 0.25) is 0 Å². The van der Waals surface area contributed by atoms with Gasteiger partial charge in [-0.15, -0.1) is 0 Å². The van der Waals surface area contributed by atoms with Crippen LogP contribution in [-0.4, -0.2) is 76.2 Å². The molecule has 0 aromatic heterocycles. The fourth-order valence-electron chi connectivity index (χ4n) is 3.25. The van der Waals surface area contributed by atoms with Gasteiger partial charge in [-0.3, -0.25) is 14.5 Å². The van der Waals surface area contributed by atoms with Crippen molar-refractivity contribution in [2.45, 2.75) is 45.2 Å². The molecule has 130 valence electrons. The molecule has 1 saturated carbocycles. The maximum absolute atomic E-state index is 12.2. The molecule has 2 amide bonds. The van der Waals surface area contributed by atoms with Crippen LogP contribution >= 0.6 is 0 Å². The monoisotopic (exact) mass is 327 g/mol. The van der Waals surface area contributed by atoms with Gasteiger partial charge in [0.25, 0.3) is 0 Å². The molecule has 0 aromatic carbocycles. The highest BCUT2D eigenvalue weighted by Gasteiger charge is 2.43. The van der Waals surface area contributed by atoms with Crippen molar-refractivity contribution in [3.8, 4) is 0 Å². The standard InChI is InChI=1S/C15H25N3O5/c1-3-17(8-12(19)20)11-6-10(7-11)16-14(23)18-5-4-15(2,9-18)13(21)22/h10-11H,3-9H2,1-2H3,(H,16,23)(H,19,20)(H,21,22). The maximum atomic E-state index is 12.2. The number of likely N-dealkylation sites (N-methyl/N-ethyl adjacent to an activating group) is 1. The van der Waals surface area contributed by atoms with Gasteiger partial charge in [-0.2, -0.15) is 0 Å². The normalized spacial score (nSPS) is 30.1. The Morgan fingerprint density at radius 1 is 1.30 bits per heavy atom. The smallest absolute Gasteiger partial charge is 0.317 e. The fraction of sp³-hybridized carbons (Fsp3) is 0.800. The van der Waals surface area contributed by atoms with Crippen LogP contribution in [0.3, 0.4) is 0 Å². The largest absolute Gasteiger partial charge is 0.481 e. The van der Waals surface area contributed by atoms with Crippen molar-refractivity contribution in [1.82, 2.24) is 15.1 Å². The second-order valence-electron chi connectivity index (χ2n) is 6.77. The van der Waals surface area contributed by atoms with Gasteiger partial charge in [0, 0.05) is 25.2 Å². The first-order valence-corrected chi connectivity index (χ1v) is 8.00. The highest BCUT2D eigenvalue weighted by atomic mass is 16.4. The van der Waals surface area contributed by atoms with Gasteiger partial charge in [-0.1, -0.05) is 6.92 Å². The van der Waals surface area contributed by atoms with Crippen LogP contribution in [0.4, 0.5) is 4.79 Å². The van der Waals surface area contributed by atoms with Crippen molar-refractivity contribution in [3.63, 3.8) is 0 Å². The van der Waals surface area contributed by atoms with E-state index in [2.05, 4.69) is 5.32 Å². The number of amides is 2. The minimum absolute atomic E-state index is 0.0188. The van der Waals surface area contributed by atoms with Crippen LogP contribution in [0.1, 0.15) is 33.1 Å². The third kappa shape index (κ3) is 3.93. The average Bonchev–Trinajstić information content (AvgIpc) is 2.84. The molecule has 1 atom stereocenters. The van der Waals surface area contributed by atoms with E-state index in [1.807, 2.05) is 11.8 Å². The third-order valence-corrected chi connectivity index (χ3v) is 4.98. The number of carbonyl (C=O) groups is 3. The van der Waals surface area contributed by atoms with Crippen LogP contribution in [0.25, 0.3) is 0 Å². The summed E-state index contributed by atoms with van der Waals surface area (Å²) >= 11 is 0. The average molecular weight is 327 g/mol. The first-order valence-electron chi connectivity index (χ1n) is 8.00. The number of nitrogens with zero attached hydrogens (tertiary/aromatic N) is 2. The summed E-state index contributed by atoms with van der Waals surface area (Å²) in [4.78, 5) is 37.6. The quantitative estimate of drug-likeness (QED) is 0.652. The van der Waals surface area contributed by atoms with Crippen molar-refractivity contribution in [2.24, 2.45) is 5.41 Å². The zero-order valence-corrected chi connectivity index (χ0v) is 13.6. The van der Waals surface area contributed by atoms with E-state index >= 15 is 0 Å². The summed E-state index contributed by atoms with van der Waals surface area (Å²) < 4.78 is 0. The van der Waals surface area contributed by atoms with E-state index in [4.69, 9.17) is 5.11 Å². The molecule has 1 unspecified atom stereocenters. The third-order valence-electron chi connectivity index (χ3n) is 4.98. The minimum Gasteiger partial charge on any atom is -0.481 e. The van der Waals surface area contributed by atoms with Gasteiger partial charge < -0.3 is 20.4 Å². The zero-order chi connectivity index (χ0) is 17.2. The topological polar surface area (TPSA) is 110 Å². The molecular weight excluding hydrogens is 302 g/mol. The van der Waals surface area contributed by atoms with E-state index in [0.717, 1.165) is 12.8 Å². The molecule has 0 aromatic rings. The number of carboxylic acids is 2. The van der Waals surface area contributed by atoms with Gasteiger partial charge in [0.05, 0.1) is 12.0 Å². The van der Waals surface area contributed by atoms with Crippen LogP contribution in [0.15, 0.2) is 0 Å². The summed E-state index contributed by atoms with van der Waals surface area (Å²) in [6.07, 6.45) is 1.93. The number of aliphatic carboxylic acids is 2. The van der Waals surface area contributed by atoms with Crippen LogP contribution in [0.5, 0.6) is 0 Å². The molecule has 8 heteroatoms. The molecule has 1 saturated heterocycles. The predicted molar refractivity (Wildman–Crippen MR) is 82.2 cm³/mol. The van der Waals surface area contributed by atoms with Crippen LogP contribution in [0, 0.1) is 5.41 Å². The maximum Gasteiger partial charge on any atom is 0.317 e. The Hall–Kier alpha value is -1.83. The number of carboxylic acid groups (broad SMARTS) is 2. The summed E-state index contributed by atoms with van der Waals surface area (Å²) in [6.45, 7) is 4.94. The van der Waals surface area contributed by atoms with Crippen molar-refractivity contribution >= 4 is 18.0 Å². The highest BCUT2D eigenvalue weighted by Crippen LogP contribution is 2.31. The molecule has 3 N–H and O–H groups in total. The Kier molecular flexibility index (Phi) is 5.13. The van der Waals surface area contributed by atoms with E-state index in [0.29, 0.717) is 19.5 Å². The number of nitrogens with one attached hydrogen (secondary N) is 1. The predicted octanol–water partition coefficient (Wildman–Crippen LogP) is 0.430. The summed E-state index contributed by atoms with van der Waals surface area (Å²) in [7, 11) is 0. The number of hydrogen-bond donors (Lipinski definition) is 3. The van der Waals surface area contributed by atoms with Crippen molar-refractivity contribution in [2.75, 3.05) is 26.2 Å². The summed E-state index contributed by atoms with van der Waals surface area (Å²) in [5.41, 5.74) is -0.861. The molecule has 2 rings (SSSR count). The Bertz CT molecular complexity index is 492. The van der Waals surface area contributed by atoms with Crippen LogP contribution in [-0.2, 0) is 9.59 Å². The lowest BCUT2D eigenvalue weighted by atomic mass is 9.85. The van der Waals surface area contributed by atoms with E-state index < -0.39 is 17.4 Å². The van der Waals surface area contributed by atoms with Crippen molar-refractivity contribution in [1.29, 1.82) is 0 Å². The molecule has 0 spiro atoms. The highest BCUT2D eigenvalue weighted by molar-refractivity contribution is 5.79. The molecule has 1 aliphatic carbocycles. The molecular formula is C15H25N3O5. The number of rotatable bonds is 6. The number of hydrogen-bond acceptors (Lipinski definition) is 4. The molecule has 1 heterocycles. The first kappa shape index (κ1) is 17.5. The lowest BCUT2D eigenvalue weighted by Crippen LogP contribution is -2.56. The Balaban J connectivity index is 1.76. The van der Waals surface area contributed by atoms with E-state index in [1.54, 1.807) is 11.8 Å². The SMILES string of the molecule is CCN(CC(=O)O)C1CC(NC(=O)N2CCC(C)(C(=O)O)C2)C1. The molecule has 1 aliphatic heterocycles. The minimum atomic E-state index is -0.872. The van der Waals surface area contributed by atoms with Gasteiger partial charge in [-0.25, -0.2) is 4.79 Å².